The Morgan fingerprint density at radius 2 is 2.00 bits per heavy atom. The summed E-state index contributed by atoms with van der Waals surface area (Å²) >= 11 is 0. The molecule has 0 aromatic heterocycles. The first-order valence-corrected chi connectivity index (χ1v) is 4.57. The second-order valence-electron chi connectivity index (χ2n) is 3.19. The van der Waals surface area contributed by atoms with Crippen LogP contribution >= 0.6 is 0 Å². The van der Waals surface area contributed by atoms with Crippen LogP contribution in [0, 0.1) is 0 Å². The van der Waals surface area contributed by atoms with Crippen molar-refractivity contribution in [1.82, 2.24) is 0 Å². The van der Waals surface area contributed by atoms with Gasteiger partial charge in [0.1, 0.15) is 6.04 Å². The molecule has 80 valence electrons. The van der Waals surface area contributed by atoms with Crippen molar-refractivity contribution in [2.24, 2.45) is 4.99 Å². The predicted molar refractivity (Wildman–Crippen MR) is 54.7 cm³/mol. The van der Waals surface area contributed by atoms with E-state index in [0.717, 1.165) is 5.56 Å². The molecule has 0 saturated carbocycles. The Balaban J connectivity index is 0.00000225. The Morgan fingerprint density at radius 1 is 1.44 bits per heavy atom. The molecule has 0 aliphatic heterocycles. The number of aliphatic imine (C=N–C) groups is 1. The molecule has 1 rings (SSSR count). The number of rotatable bonds is 4. The maximum Gasteiger partial charge on any atom is 1.00 e. The van der Waals surface area contributed by atoms with Gasteiger partial charge in [-0.3, -0.25) is 4.99 Å². The zero-order valence-electron chi connectivity index (χ0n) is 9.38. The third-order valence-electron chi connectivity index (χ3n) is 1.89. The van der Waals surface area contributed by atoms with Crippen LogP contribution in [-0.2, 0) is 11.2 Å². The van der Waals surface area contributed by atoms with Crippen LogP contribution in [0.25, 0.3) is 0 Å². The average molecular weight is 213 g/mol. The molecule has 4 nitrogen and oxygen atoms in total. The van der Waals surface area contributed by atoms with Crippen molar-refractivity contribution in [2.75, 3.05) is 0 Å². The van der Waals surface area contributed by atoms with E-state index in [4.69, 9.17) is 5.11 Å². The molecular formula is C11H12LiNO3. The average Bonchev–Trinajstić information content (AvgIpc) is 2.17. The summed E-state index contributed by atoms with van der Waals surface area (Å²) in [7, 11) is 0. The van der Waals surface area contributed by atoms with Crippen LogP contribution in [0.1, 0.15) is 12.5 Å². The van der Waals surface area contributed by atoms with Crippen molar-refractivity contribution < 1.29 is 33.9 Å². The summed E-state index contributed by atoms with van der Waals surface area (Å²) in [4.78, 5) is 14.3. The summed E-state index contributed by atoms with van der Waals surface area (Å²) in [6.07, 6.45) is 0.246. The van der Waals surface area contributed by atoms with E-state index in [2.05, 4.69) is 4.99 Å². The van der Waals surface area contributed by atoms with Gasteiger partial charge in [0.05, 0.1) is 0 Å². The van der Waals surface area contributed by atoms with E-state index in [-0.39, 0.29) is 25.3 Å². The first-order chi connectivity index (χ1) is 7.09. The normalized spacial score (nSPS) is 12.7. The van der Waals surface area contributed by atoms with E-state index in [0.29, 0.717) is 0 Å². The summed E-state index contributed by atoms with van der Waals surface area (Å²) in [6, 6.07) is 8.13. The molecule has 0 radical (unpaired) electrons. The molecule has 0 unspecified atom stereocenters. The summed E-state index contributed by atoms with van der Waals surface area (Å²) in [5.41, 5.74) is 0.856. The summed E-state index contributed by atoms with van der Waals surface area (Å²) < 4.78 is 0. The largest absolute Gasteiger partial charge is 1.00 e. The van der Waals surface area contributed by atoms with E-state index in [1.165, 1.54) is 6.92 Å². The van der Waals surface area contributed by atoms with Gasteiger partial charge in [0.2, 0.25) is 0 Å². The van der Waals surface area contributed by atoms with Gasteiger partial charge in [0.25, 0.3) is 0 Å². The quantitative estimate of drug-likeness (QED) is 0.340. The molecule has 1 N–H and O–H groups in total. The van der Waals surface area contributed by atoms with Gasteiger partial charge in [-0.2, -0.15) is 0 Å². The SMILES string of the molecule is CC([O-])=N[C@@H](Cc1ccccc1)C(=O)O.[Li+]. The number of hydrogen-bond acceptors (Lipinski definition) is 3. The molecule has 5 heteroatoms. The van der Waals surface area contributed by atoms with Crippen LogP contribution < -0.4 is 24.0 Å². The number of nitrogens with zero attached hydrogens (tertiary/aromatic N) is 1. The molecule has 0 aliphatic carbocycles. The zero-order chi connectivity index (χ0) is 11.3. The third-order valence-corrected chi connectivity index (χ3v) is 1.89. The van der Waals surface area contributed by atoms with Gasteiger partial charge in [-0.25, -0.2) is 4.79 Å². The molecule has 1 aromatic rings. The van der Waals surface area contributed by atoms with Gasteiger partial charge in [0, 0.05) is 6.42 Å². The maximum atomic E-state index is 10.8. The number of carboxylic acids is 1. The molecule has 0 bridgehead atoms. The van der Waals surface area contributed by atoms with Crippen molar-refractivity contribution in [3.05, 3.63) is 35.9 Å². The van der Waals surface area contributed by atoms with Gasteiger partial charge >= 0.3 is 24.8 Å². The monoisotopic (exact) mass is 213 g/mol. The van der Waals surface area contributed by atoms with Gasteiger partial charge in [-0.1, -0.05) is 30.3 Å². The second-order valence-corrected chi connectivity index (χ2v) is 3.19. The van der Waals surface area contributed by atoms with E-state index in [1.54, 1.807) is 0 Å². The van der Waals surface area contributed by atoms with Crippen LogP contribution in [0.2, 0.25) is 0 Å². The van der Waals surface area contributed by atoms with E-state index in [1.807, 2.05) is 30.3 Å². The summed E-state index contributed by atoms with van der Waals surface area (Å²) in [6.45, 7) is 1.25. The number of hydrogen-bond donors (Lipinski definition) is 1. The molecule has 0 saturated heterocycles. The Labute approximate surface area is 106 Å². The fourth-order valence-electron chi connectivity index (χ4n) is 1.24. The topological polar surface area (TPSA) is 72.7 Å². The third kappa shape index (κ3) is 5.01. The minimum atomic E-state index is -1.07. The maximum absolute atomic E-state index is 10.8. The zero-order valence-corrected chi connectivity index (χ0v) is 9.38. The van der Waals surface area contributed by atoms with Crippen LogP contribution in [0.15, 0.2) is 35.3 Å². The van der Waals surface area contributed by atoms with Crippen molar-refractivity contribution in [3.8, 4) is 0 Å². The smallest absolute Gasteiger partial charge is 0.862 e. The minimum Gasteiger partial charge on any atom is -0.862 e. The number of carbonyl (C=O) groups is 1. The van der Waals surface area contributed by atoms with E-state index < -0.39 is 17.9 Å². The number of benzene rings is 1. The number of carboxylic acid groups (broad SMARTS) is 1. The Hall–Kier alpha value is -1.24. The molecule has 0 spiro atoms. The Morgan fingerprint density at radius 3 is 2.44 bits per heavy atom. The van der Waals surface area contributed by atoms with Crippen LogP contribution in [0.4, 0.5) is 0 Å². The molecule has 0 heterocycles. The van der Waals surface area contributed by atoms with Gasteiger partial charge in [-0.05, 0) is 18.4 Å². The molecule has 0 aliphatic rings. The van der Waals surface area contributed by atoms with Crippen LogP contribution in [-0.4, -0.2) is 23.0 Å². The fraction of sp³-hybridized carbons (Fsp3) is 0.273. The van der Waals surface area contributed by atoms with Crippen molar-refractivity contribution >= 4 is 11.9 Å². The minimum absolute atomic E-state index is 0. The first kappa shape index (κ1) is 14.8. The number of aliphatic carboxylic acids is 1. The van der Waals surface area contributed by atoms with E-state index >= 15 is 0 Å². The van der Waals surface area contributed by atoms with Gasteiger partial charge in [-0.15, -0.1) is 0 Å². The molecule has 1 atom stereocenters. The van der Waals surface area contributed by atoms with Crippen molar-refractivity contribution in [3.63, 3.8) is 0 Å². The van der Waals surface area contributed by atoms with Gasteiger partial charge < -0.3 is 10.2 Å². The van der Waals surface area contributed by atoms with Crippen molar-refractivity contribution in [1.29, 1.82) is 0 Å². The Kier molecular flexibility index (Phi) is 6.55. The molecule has 0 fully saturated rings. The summed E-state index contributed by atoms with van der Waals surface area (Å²) in [5.74, 6) is -1.53. The predicted octanol–water partition coefficient (Wildman–Crippen LogP) is -2.53. The van der Waals surface area contributed by atoms with E-state index in [9.17, 15) is 9.90 Å². The molecular weight excluding hydrogens is 201 g/mol. The molecule has 0 amide bonds. The van der Waals surface area contributed by atoms with Gasteiger partial charge in [0.15, 0.2) is 0 Å². The summed E-state index contributed by atoms with van der Waals surface area (Å²) in [5, 5.41) is 19.6. The standard InChI is InChI=1S/C11H13NO3.Li/c1-8(13)12-10(11(14)15)7-9-5-3-2-4-6-9;/h2-6,10H,7H2,1H3,(H,12,13)(H,14,15);/q;+1/p-1/t10-;/m0./s1. The van der Waals surface area contributed by atoms with Crippen LogP contribution in [0.3, 0.4) is 0 Å². The Bertz CT molecular complexity index is 361. The first-order valence-electron chi connectivity index (χ1n) is 4.57. The second kappa shape index (κ2) is 7.10. The van der Waals surface area contributed by atoms with Crippen molar-refractivity contribution in [2.45, 2.75) is 19.4 Å². The van der Waals surface area contributed by atoms with Crippen LogP contribution in [0.5, 0.6) is 0 Å². The molecule has 16 heavy (non-hydrogen) atoms. The molecule has 1 aromatic carbocycles. The fourth-order valence-corrected chi connectivity index (χ4v) is 1.24.